The number of nitrogens with zero attached hydrogens (tertiary/aromatic N) is 2. The lowest BCUT2D eigenvalue weighted by atomic mass is 9.98. The van der Waals surface area contributed by atoms with E-state index in [9.17, 15) is 14.4 Å². The third kappa shape index (κ3) is 5.94. The number of hydrogen-bond donors (Lipinski definition) is 0. The van der Waals surface area contributed by atoms with Crippen LogP contribution in [0.5, 0.6) is 0 Å². The summed E-state index contributed by atoms with van der Waals surface area (Å²) in [6.07, 6.45) is 1.25. The molecule has 0 aliphatic rings. The molecule has 6 nitrogen and oxygen atoms in total. The topological polar surface area (TPSA) is 68.6 Å². The van der Waals surface area contributed by atoms with Crippen molar-refractivity contribution in [1.82, 2.24) is 9.47 Å². The van der Waals surface area contributed by atoms with E-state index in [1.165, 1.54) is 0 Å². The van der Waals surface area contributed by atoms with E-state index >= 15 is 0 Å². The predicted molar refractivity (Wildman–Crippen MR) is 115 cm³/mol. The van der Waals surface area contributed by atoms with E-state index in [2.05, 4.69) is 13.8 Å². The monoisotopic (exact) mass is 406 g/mol. The van der Waals surface area contributed by atoms with Crippen LogP contribution >= 0.6 is 0 Å². The minimum absolute atomic E-state index is 0.00152. The Hall–Kier alpha value is -2.11. The molecule has 0 saturated carbocycles. The lowest BCUT2D eigenvalue weighted by Crippen LogP contribution is -2.44. The molecule has 1 heterocycles. The van der Waals surface area contributed by atoms with Gasteiger partial charge in [0.2, 0.25) is 5.91 Å². The van der Waals surface area contributed by atoms with Crippen molar-refractivity contribution in [1.29, 1.82) is 0 Å². The van der Waals surface area contributed by atoms with Crippen LogP contribution in [-0.2, 0) is 16.6 Å². The summed E-state index contributed by atoms with van der Waals surface area (Å²) in [4.78, 5) is 40.4. The lowest BCUT2D eigenvalue weighted by Gasteiger charge is -2.30. The largest absolute Gasteiger partial charge is 0.461 e. The standard InChI is InChI=1S/C23H38N2O4/c1-10-29-23(28)21-16(6)20(17(7)24(21)9)22(27)18(8)25(12-11-14(2)3)19(26)13-15(4)5/h14-15,18H,10-13H2,1-9H3. The summed E-state index contributed by atoms with van der Waals surface area (Å²) in [5.41, 5.74) is 2.22. The zero-order valence-corrected chi connectivity index (χ0v) is 19.6. The highest BCUT2D eigenvalue weighted by atomic mass is 16.5. The molecule has 0 bridgehead atoms. The Morgan fingerprint density at radius 3 is 2.10 bits per heavy atom. The number of ketones is 1. The van der Waals surface area contributed by atoms with Crippen molar-refractivity contribution in [3.63, 3.8) is 0 Å². The van der Waals surface area contributed by atoms with E-state index in [1.54, 1.807) is 37.3 Å². The van der Waals surface area contributed by atoms with E-state index < -0.39 is 12.0 Å². The molecule has 1 aromatic heterocycles. The van der Waals surface area contributed by atoms with Crippen LogP contribution in [-0.4, -0.2) is 46.3 Å². The molecule has 6 heteroatoms. The maximum atomic E-state index is 13.4. The summed E-state index contributed by atoms with van der Waals surface area (Å²) >= 11 is 0. The van der Waals surface area contributed by atoms with Crippen LogP contribution in [0.4, 0.5) is 0 Å². The Bertz CT molecular complexity index is 747. The third-order valence-electron chi connectivity index (χ3n) is 5.34. The number of hydrogen-bond acceptors (Lipinski definition) is 4. The van der Waals surface area contributed by atoms with Gasteiger partial charge in [-0.1, -0.05) is 27.7 Å². The Morgan fingerprint density at radius 1 is 1.03 bits per heavy atom. The van der Waals surface area contributed by atoms with Gasteiger partial charge in [-0.25, -0.2) is 4.79 Å². The van der Waals surface area contributed by atoms with Gasteiger partial charge in [0.15, 0.2) is 5.78 Å². The van der Waals surface area contributed by atoms with Gasteiger partial charge in [-0.2, -0.15) is 0 Å². The molecule has 1 unspecified atom stereocenters. The van der Waals surface area contributed by atoms with Crippen LogP contribution in [0.25, 0.3) is 0 Å². The normalized spacial score (nSPS) is 12.4. The van der Waals surface area contributed by atoms with Crippen LogP contribution in [0.2, 0.25) is 0 Å². The van der Waals surface area contributed by atoms with Gasteiger partial charge in [-0.3, -0.25) is 9.59 Å². The second kappa shape index (κ2) is 10.6. The lowest BCUT2D eigenvalue weighted by molar-refractivity contribution is -0.133. The van der Waals surface area contributed by atoms with Crippen LogP contribution in [0.3, 0.4) is 0 Å². The second-order valence-corrected chi connectivity index (χ2v) is 8.62. The average molecular weight is 407 g/mol. The summed E-state index contributed by atoms with van der Waals surface area (Å²) < 4.78 is 6.87. The Labute approximate surface area is 175 Å². The molecule has 1 rings (SSSR count). The highest BCUT2D eigenvalue weighted by molar-refractivity contribution is 6.06. The highest BCUT2D eigenvalue weighted by Gasteiger charge is 2.32. The molecule has 1 aromatic rings. The fourth-order valence-electron chi connectivity index (χ4n) is 3.58. The Balaban J connectivity index is 3.29. The third-order valence-corrected chi connectivity index (χ3v) is 5.34. The minimum Gasteiger partial charge on any atom is -0.461 e. The zero-order valence-electron chi connectivity index (χ0n) is 19.6. The van der Waals surface area contributed by atoms with Crippen molar-refractivity contribution in [3.8, 4) is 0 Å². The van der Waals surface area contributed by atoms with Crippen molar-refractivity contribution < 1.29 is 19.1 Å². The van der Waals surface area contributed by atoms with Gasteiger partial charge in [0.25, 0.3) is 0 Å². The summed E-state index contributed by atoms with van der Waals surface area (Å²) in [5, 5.41) is 0. The van der Waals surface area contributed by atoms with Crippen molar-refractivity contribution >= 4 is 17.7 Å². The van der Waals surface area contributed by atoms with Gasteiger partial charge in [-0.15, -0.1) is 0 Å². The summed E-state index contributed by atoms with van der Waals surface area (Å²) in [6.45, 7) is 16.2. The molecular formula is C23H38N2O4. The Kier molecular flexibility index (Phi) is 9.12. The highest BCUT2D eigenvalue weighted by Crippen LogP contribution is 2.25. The number of Topliss-reactive ketones (excluding diaryl/α,β-unsaturated/α-hetero) is 1. The van der Waals surface area contributed by atoms with Crippen LogP contribution in [0.1, 0.15) is 86.5 Å². The molecule has 0 aromatic carbocycles. The first-order chi connectivity index (χ1) is 13.4. The number of rotatable bonds is 10. The molecule has 0 radical (unpaired) electrons. The van der Waals surface area contributed by atoms with E-state index in [1.807, 2.05) is 20.8 Å². The molecule has 1 amide bonds. The number of carbonyl (C=O) groups excluding carboxylic acids is 3. The first-order valence-electron chi connectivity index (χ1n) is 10.6. The van der Waals surface area contributed by atoms with Crippen molar-refractivity contribution in [2.75, 3.05) is 13.2 Å². The minimum atomic E-state index is -0.588. The molecule has 0 saturated heterocycles. The summed E-state index contributed by atoms with van der Waals surface area (Å²) in [6, 6.07) is -0.588. The maximum Gasteiger partial charge on any atom is 0.355 e. The number of aromatic nitrogens is 1. The number of esters is 1. The fourth-order valence-corrected chi connectivity index (χ4v) is 3.58. The van der Waals surface area contributed by atoms with E-state index in [0.717, 1.165) is 6.42 Å². The molecule has 1 atom stereocenters. The van der Waals surface area contributed by atoms with E-state index in [4.69, 9.17) is 4.74 Å². The SMILES string of the molecule is CCOC(=O)c1c(C)c(C(=O)C(C)N(CCC(C)C)C(=O)CC(C)C)c(C)n1C. The molecule has 0 fully saturated rings. The van der Waals surface area contributed by atoms with Gasteiger partial charge in [0.1, 0.15) is 5.69 Å². The van der Waals surface area contributed by atoms with Gasteiger partial charge >= 0.3 is 5.97 Å². The van der Waals surface area contributed by atoms with Gasteiger partial charge < -0.3 is 14.2 Å². The quantitative estimate of drug-likeness (QED) is 0.429. The number of amides is 1. The number of ether oxygens (including phenoxy) is 1. The second-order valence-electron chi connectivity index (χ2n) is 8.62. The van der Waals surface area contributed by atoms with Gasteiger partial charge in [0.05, 0.1) is 12.6 Å². The van der Waals surface area contributed by atoms with E-state index in [-0.39, 0.29) is 24.2 Å². The van der Waals surface area contributed by atoms with E-state index in [0.29, 0.717) is 41.4 Å². The molecule has 0 aliphatic heterocycles. The zero-order chi connectivity index (χ0) is 22.5. The van der Waals surface area contributed by atoms with Crippen LogP contribution in [0.15, 0.2) is 0 Å². The molecule has 29 heavy (non-hydrogen) atoms. The first kappa shape index (κ1) is 24.9. The maximum absolute atomic E-state index is 13.4. The number of carbonyl (C=O) groups is 3. The fraction of sp³-hybridized carbons (Fsp3) is 0.696. The first-order valence-corrected chi connectivity index (χ1v) is 10.6. The van der Waals surface area contributed by atoms with Crippen molar-refractivity contribution in [3.05, 3.63) is 22.5 Å². The predicted octanol–water partition coefficient (Wildman–Crippen LogP) is 4.31. The van der Waals surface area contributed by atoms with Crippen LogP contribution < -0.4 is 0 Å². The molecule has 0 aliphatic carbocycles. The van der Waals surface area contributed by atoms with Crippen molar-refractivity contribution in [2.45, 2.75) is 74.3 Å². The summed E-state index contributed by atoms with van der Waals surface area (Å²) in [7, 11) is 1.76. The molecule has 0 N–H and O–H groups in total. The van der Waals surface area contributed by atoms with Crippen LogP contribution in [0, 0.1) is 25.7 Å². The Morgan fingerprint density at radius 2 is 1.62 bits per heavy atom. The van der Waals surface area contributed by atoms with Crippen molar-refractivity contribution in [2.24, 2.45) is 18.9 Å². The smallest absolute Gasteiger partial charge is 0.355 e. The summed E-state index contributed by atoms with van der Waals surface area (Å²) in [5.74, 6) is 0.0875. The molecular weight excluding hydrogens is 368 g/mol. The van der Waals surface area contributed by atoms with Gasteiger partial charge in [-0.05, 0) is 51.5 Å². The molecule has 0 spiro atoms. The van der Waals surface area contributed by atoms with Gasteiger partial charge in [0, 0.05) is 31.3 Å². The molecule has 164 valence electrons. The average Bonchev–Trinajstić information content (AvgIpc) is 2.82.